The summed E-state index contributed by atoms with van der Waals surface area (Å²) in [5.74, 6) is -0.959. The van der Waals surface area contributed by atoms with Crippen molar-refractivity contribution >= 4 is 23.5 Å². The molecule has 0 bridgehead atoms. The number of carbonyl (C=O) groups excluding carboxylic acids is 3. The van der Waals surface area contributed by atoms with Crippen LogP contribution in [-0.2, 0) is 9.59 Å². The zero-order valence-electron chi connectivity index (χ0n) is 10.1. The van der Waals surface area contributed by atoms with Crippen molar-refractivity contribution in [1.82, 2.24) is 16.0 Å². The summed E-state index contributed by atoms with van der Waals surface area (Å²) >= 11 is 0. The molecule has 7 nitrogen and oxygen atoms in total. The summed E-state index contributed by atoms with van der Waals surface area (Å²) < 4.78 is 0. The molecule has 0 aliphatic carbocycles. The number of hydrazine groups is 2. The fourth-order valence-electron chi connectivity index (χ4n) is 1.15. The minimum Gasteiger partial charge on any atom is -0.305 e. The minimum atomic E-state index is -0.674. The average Bonchev–Trinajstić information content (AvgIpc) is 2.28. The lowest BCUT2D eigenvalue weighted by Gasteiger charge is -2.22. The molecule has 0 atom stereocenters. The van der Waals surface area contributed by atoms with E-state index in [-0.39, 0.29) is 0 Å². The summed E-state index contributed by atoms with van der Waals surface area (Å²) in [4.78, 5) is 33.6. The van der Waals surface area contributed by atoms with Gasteiger partial charge in [-0.1, -0.05) is 18.2 Å². The zero-order valence-corrected chi connectivity index (χ0v) is 10.1. The Kier molecular flexibility index (Phi) is 4.67. The summed E-state index contributed by atoms with van der Waals surface area (Å²) in [6.45, 7) is 2.45. The Balaban J connectivity index is 2.69. The SMILES string of the molecule is CC(=O)NN(NC(C)=O)C(=O)Nc1ccccc1. The quantitative estimate of drug-likeness (QED) is 0.638. The highest BCUT2D eigenvalue weighted by Crippen LogP contribution is 2.05. The van der Waals surface area contributed by atoms with E-state index in [4.69, 9.17) is 0 Å². The number of hydrogen-bond acceptors (Lipinski definition) is 3. The highest BCUT2D eigenvalue weighted by molar-refractivity contribution is 5.92. The molecular weight excluding hydrogens is 236 g/mol. The topological polar surface area (TPSA) is 90.5 Å². The highest BCUT2D eigenvalue weighted by atomic mass is 16.2. The predicted molar refractivity (Wildman–Crippen MR) is 64.9 cm³/mol. The lowest BCUT2D eigenvalue weighted by molar-refractivity contribution is -0.128. The number of para-hydroxylation sites is 1. The van der Waals surface area contributed by atoms with Gasteiger partial charge in [-0.25, -0.2) is 15.6 Å². The van der Waals surface area contributed by atoms with Gasteiger partial charge in [0, 0.05) is 19.5 Å². The van der Waals surface area contributed by atoms with Gasteiger partial charge in [0.2, 0.25) is 11.8 Å². The molecular formula is C11H14N4O3. The predicted octanol–water partition coefficient (Wildman–Crippen LogP) is 0.623. The number of amides is 4. The van der Waals surface area contributed by atoms with E-state index in [1.807, 2.05) is 0 Å². The first kappa shape index (κ1) is 13.5. The first-order valence-electron chi connectivity index (χ1n) is 5.19. The Bertz CT molecular complexity index is 431. The van der Waals surface area contributed by atoms with Crippen LogP contribution in [0.2, 0.25) is 0 Å². The van der Waals surface area contributed by atoms with Crippen molar-refractivity contribution in [3.8, 4) is 0 Å². The lowest BCUT2D eigenvalue weighted by Crippen LogP contribution is -2.56. The molecule has 0 saturated heterocycles. The van der Waals surface area contributed by atoms with Crippen molar-refractivity contribution in [2.45, 2.75) is 13.8 Å². The summed E-state index contributed by atoms with van der Waals surface area (Å²) in [7, 11) is 0. The Morgan fingerprint density at radius 2 is 1.44 bits per heavy atom. The van der Waals surface area contributed by atoms with Crippen molar-refractivity contribution in [3.05, 3.63) is 30.3 Å². The van der Waals surface area contributed by atoms with Gasteiger partial charge in [-0.2, -0.15) is 0 Å². The summed E-state index contributed by atoms with van der Waals surface area (Å²) in [5.41, 5.74) is 4.91. The molecule has 3 N–H and O–H groups in total. The van der Waals surface area contributed by atoms with E-state index in [0.29, 0.717) is 10.8 Å². The molecule has 96 valence electrons. The van der Waals surface area contributed by atoms with E-state index in [2.05, 4.69) is 16.2 Å². The number of rotatable bonds is 1. The molecule has 0 spiro atoms. The van der Waals surface area contributed by atoms with Crippen LogP contribution in [0.5, 0.6) is 0 Å². The van der Waals surface area contributed by atoms with Crippen LogP contribution in [0, 0.1) is 0 Å². The molecule has 0 heterocycles. The van der Waals surface area contributed by atoms with Crippen LogP contribution in [0.4, 0.5) is 10.5 Å². The maximum atomic E-state index is 11.8. The van der Waals surface area contributed by atoms with Crippen LogP contribution in [-0.4, -0.2) is 23.0 Å². The Hall–Kier alpha value is -2.57. The third kappa shape index (κ3) is 4.52. The maximum Gasteiger partial charge on any atom is 0.360 e. The molecule has 0 saturated carbocycles. The van der Waals surface area contributed by atoms with Gasteiger partial charge in [-0.05, 0) is 12.1 Å². The fourth-order valence-corrected chi connectivity index (χ4v) is 1.15. The molecule has 0 fully saturated rings. The molecule has 18 heavy (non-hydrogen) atoms. The van der Waals surface area contributed by atoms with Gasteiger partial charge in [0.05, 0.1) is 0 Å². The van der Waals surface area contributed by atoms with E-state index in [9.17, 15) is 14.4 Å². The van der Waals surface area contributed by atoms with Crippen LogP contribution in [0.1, 0.15) is 13.8 Å². The normalized spacial score (nSPS) is 9.22. The number of carbonyl (C=O) groups is 3. The summed E-state index contributed by atoms with van der Waals surface area (Å²) in [6, 6.07) is 7.98. The number of benzene rings is 1. The second-order valence-corrected chi connectivity index (χ2v) is 3.47. The third-order valence-electron chi connectivity index (χ3n) is 1.77. The van der Waals surface area contributed by atoms with Crippen molar-refractivity contribution in [2.24, 2.45) is 0 Å². The van der Waals surface area contributed by atoms with Crippen LogP contribution in [0.3, 0.4) is 0 Å². The van der Waals surface area contributed by atoms with Crippen LogP contribution >= 0.6 is 0 Å². The van der Waals surface area contributed by atoms with Gasteiger partial charge < -0.3 is 5.32 Å². The molecule has 0 aromatic heterocycles. The van der Waals surface area contributed by atoms with E-state index in [1.165, 1.54) is 13.8 Å². The van der Waals surface area contributed by atoms with E-state index < -0.39 is 17.8 Å². The third-order valence-corrected chi connectivity index (χ3v) is 1.77. The van der Waals surface area contributed by atoms with E-state index >= 15 is 0 Å². The molecule has 1 rings (SSSR count). The number of urea groups is 1. The van der Waals surface area contributed by atoms with Gasteiger partial charge in [-0.15, -0.1) is 5.12 Å². The molecule has 0 aliphatic rings. The van der Waals surface area contributed by atoms with E-state index in [1.54, 1.807) is 30.3 Å². The molecule has 0 aliphatic heterocycles. The maximum absolute atomic E-state index is 11.8. The van der Waals surface area contributed by atoms with Gasteiger partial charge in [0.15, 0.2) is 0 Å². The van der Waals surface area contributed by atoms with E-state index in [0.717, 1.165) is 0 Å². The Labute approximate surface area is 104 Å². The first-order valence-corrected chi connectivity index (χ1v) is 5.19. The van der Waals surface area contributed by atoms with Crippen LogP contribution in [0.25, 0.3) is 0 Å². The number of hydrogen-bond donors (Lipinski definition) is 3. The van der Waals surface area contributed by atoms with Crippen molar-refractivity contribution in [3.63, 3.8) is 0 Å². The van der Waals surface area contributed by atoms with Crippen molar-refractivity contribution < 1.29 is 14.4 Å². The first-order chi connectivity index (χ1) is 8.49. The summed E-state index contributed by atoms with van der Waals surface area (Å²) in [5, 5.41) is 3.20. The molecule has 0 radical (unpaired) electrons. The number of nitrogens with one attached hydrogen (secondary N) is 3. The van der Waals surface area contributed by atoms with Crippen LogP contribution < -0.4 is 16.2 Å². The van der Waals surface area contributed by atoms with Crippen molar-refractivity contribution in [2.75, 3.05) is 5.32 Å². The summed E-state index contributed by atoms with van der Waals surface area (Å²) in [6.07, 6.45) is 0. The van der Waals surface area contributed by atoms with Crippen LogP contribution in [0.15, 0.2) is 30.3 Å². The largest absolute Gasteiger partial charge is 0.360 e. The van der Waals surface area contributed by atoms with Gasteiger partial charge >= 0.3 is 6.03 Å². The average molecular weight is 250 g/mol. The fraction of sp³-hybridized carbons (Fsp3) is 0.182. The van der Waals surface area contributed by atoms with Gasteiger partial charge in [0.1, 0.15) is 0 Å². The second kappa shape index (κ2) is 6.24. The standard InChI is InChI=1S/C11H14N4O3/c1-8(16)13-15(14-9(2)17)11(18)12-10-6-4-3-5-7-10/h3-7H,1-2H3,(H,12,18)(H,13,16)(H,14,17). The second-order valence-electron chi connectivity index (χ2n) is 3.47. The highest BCUT2D eigenvalue weighted by Gasteiger charge is 2.15. The number of anilines is 1. The zero-order chi connectivity index (χ0) is 13.5. The smallest absolute Gasteiger partial charge is 0.305 e. The molecule has 7 heteroatoms. The number of nitrogens with zero attached hydrogens (tertiary/aromatic N) is 1. The Morgan fingerprint density at radius 1 is 0.944 bits per heavy atom. The Morgan fingerprint density at radius 3 is 1.89 bits per heavy atom. The minimum absolute atomic E-state index is 0.480. The van der Waals surface area contributed by atoms with Gasteiger partial charge in [-0.3, -0.25) is 9.59 Å². The molecule has 4 amide bonds. The molecule has 0 unspecified atom stereocenters. The molecule has 1 aromatic rings. The van der Waals surface area contributed by atoms with Crippen molar-refractivity contribution in [1.29, 1.82) is 0 Å². The molecule has 1 aromatic carbocycles. The lowest BCUT2D eigenvalue weighted by atomic mass is 10.3. The van der Waals surface area contributed by atoms with Gasteiger partial charge in [0.25, 0.3) is 0 Å². The monoisotopic (exact) mass is 250 g/mol.